The maximum absolute atomic E-state index is 12.2. The first-order valence-electron chi connectivity index (χ1n) is 8.19. The number of rotatable bonds is 5. The van der Waals surface area contributed by atoms with Crippen LogP contribution in [0.25, 0.3) is 0 Å². The van der Waals surface area contributed by atoms with Gasteiger partial charge in [0.1, 0.15) is 11.5 Å². The summed E-state index contributed by atoms with van der Waals surface area (Å²) in [5, 5.41) is 34.3. The standard InChI is InChI=1S/C19H22N2O5/c1-21-17(23)20-18(24,11-13-3-7-15(22)8-4-13)19(21,25)12-14-5-9-16(26-2)10-6-14/h3-10,22,24-25H,11-12H2,1-2H3,(H,20,23). The van der Waals surface area contributed by atoms with Crippen molar-refractivity contribution in [3.63, 3.8) is 0 Å². The third-order valence-corrected chi connectivity index (χ3v) is 4.84. The van der Waals surface area contributed by atoms with Gasteiger partial charge in [-0.3, -0.25) is 4.90 Å². The van der Waals surface area contributed by atoms with Gasteiger partial charge in [0.2, 0.25) is 0 Å². The molecule has 0 radical (unpaired) electrons. The summed E-state index contributed by atoms with van der Waals surface area (Å²) in [5.41, 5.74) is -2.35. The van der Waals surface area contributed by atoms with E-state index in [2.05, 4.69) is 5.32 Å². The third-order valence-electron chi connectivity index (χ3n) is 4.84. The highest BCUT2D eigenvalue weighted by molar-refractivity contribution is 5.79. The molecule has 2 aromatic carbocycles. The van der Waals surface area contributed by atoms with Gasteiger partial charge in [0.15, 0.2) is 11.4 Å². The predicted molar refractivity (Wildman–Crippen MR) is 94.7 cm³/mol. The molecule has 2 atom stereocenters. The molecule has 0 spiro atoms. The van der Waals surface area contributed by atoms with Gasteiger partial charge in [0.05, 0.1) is 7.11 Å². The quantitative estimate of drug-likeness (QED) is 0.644. The molecule has 2 aromatic rings. The summed E-state index contributed by atoms with van der Waals surface area (Å²) in [5.74, 6) is 0.774. The minimum Gasteiger partial charge on any atom is -0.508 e. The normalized spacial score (nSPS) is 25.2. The number of nitrogens with zero attached hydrogens (tertiary/aromatic N) is 1. The Hall–Kier alpha value is -2.77. The number of carbonyl (C=O) groups is 1. The molecule has 138 valence electrons. The Kier molecular flexibility index (Phi) is 4.52. The monoisotopic (exact) mass is 358 g/mol. The van der Waals surface area contributed by atoms with Gasteiger partial charge < -0.3 is 25.4 Å². The van der Waals surface area contributed by atoms with Crippen LogP contribution in [0, 0.1) is 0 Å². The number of amides is 2. The van der Waals surface area contributed by atoms with Crippen LogP contribution >= 0.6 is 0 Å². The van der Waals surface area contributed by atoms with E-state index in [1.165, 1.54) is 19.2 Å². The molecule has 3 rings (SSSR count). The van der Waals surface area contributed by atoms with Crippen LogP contribution in [0.2, 0.25) is 0 Å². The summed E-state index contributed by atoms with van der Waals surface area (Å²) < 4.78 is 5.12. The minimum absolute atomic E-state index is 0.0178. The van der Waals surface area contributed by atoms with Crippen LogP contribution in [-0.4, -0.2) is 51.9 Å². The van der Waals surface area contributed by atoms with E-state index in [0.717, 1.165) is 10.5 Å². The second kappa shape index (κ2) is 6.51. The second-order valence-corrected chi connectivity index (χ2v) is 6.53. The van der Waals surface area contributed by atoms with Crippen molar-refractivity contribution >= 4 is 6.03 Å². The molecule has 1 heterocycles. The molecule has 1 fully saturated rings. The topological polar surface area (TPSA) is 102 Å². The van der Waals surface area contributed by atoms with Crippen LogP contribution in [0.1, 0.15) is 11.1 Å². The lowest BCUT2D eigenvalue weighted by Gasteiger charge is -2.39. The Labute approximate surface area is 151 Å². The van der Waals surface area contributed by atoms with Crippen molar-refractivity contribution in [2.24, 2.45) is 0 Å². The molecule has 0 aromatic heterocycles. The number of methoxy groups -OCH3 is 1. The third kappa shape index (κ3) is 3.07. The minimum atomic E-state index is -1.89. The smallest absolute Gasteiger partial charge is 0.321 e. The first kappa shape index (κ1) is 18.0. The van der Waals surface area contributed by atoms with Crippen molar-refractivity contribution in [1.29, 1.82) is 0 Å². The zero-order valence-electron chi connectivity index (χ0n) is 14.6. The Balaban J connectivity index is 1.91. The van der Waals surface area contributed by atoms with E-state index in [4.69, 9.17) is 4.74 Å². The zero-order chi connectivity index (χ0) is 18.9. The number of aromatic hydroxyl groups is 1. The molecule has 0 aliphatic carbocycles. The summed E-state index contributed by atoms with van der Waals surface area (Å²) in [4.78, 5) is 13.3. The average molecular weight is 358 g/mol. The predicted octanol–water partition coefficient (Wildman–Crippen LogP) is 1.22. The molecule has 1 aliphatic heterocycles. The fourth-order valence-electron chi connectivity index (χ4n) is 3.19. The number of nitrogens with one attached hydrogen (secondary N) is 1. The zero-order valence-corrected chi connectivity index (χ0v) is 14.6. The lowest BCUT2D eigenvalue weighted by molar-refractivity contribution is -0.191. The molecule has 1 aliphatic rings. The lowest BCUT2D eigenvalue weighted by atomic mass is 9.87. The molecule has 2 amide bonds. The van der Waals surface area contributed by atoms with E-state index in [1.807, 2.05) is 0 Å². The van der Waals surface area contributed by atoms with Gasteiger partial charge in [-0.15, -0.1) is 0 Å². The van der Waals surface area contributed by atoms with Gasteiger partial charge in [-0.1, -0.05) is 24.3 Å². The largest absolute Gasteiger partial charge is 0.508 e. The number of aliphatic hydroxyl groups is 2. The number of carbonyl (C=O) groups excluding carboxylic acids is 1. The van der Waals surface area contributed by atoms with E-state index >= 15 is 0 Å². The van der Waals surface area contributed by atoms with Crippen molar-refractivity contribution in [2.45, 2.75) is 24.3 Å². The molecule has 4 N–H and O–H groups in total. The van der Waals surface area contributed by atoms with Crippen molar-refractivity contribution in [1.82, 2.24) is 10.2 Å². The highest BCUT2D eigenvalue weighted by Gasteiger charge is 2.60. The van der Waals surface area contributed by atoms with Gasteiger partial charge in [0, 0.05) is 19.9 Å². The van der Waals surface area contributed by atoms with Crippen molar-refractivity contribution in [2.75, 3.05) is 14.2 Å². The van der Waals surface area contributed by atoms with Crippen molar-refractivity contribution < 1.29 is 24.9 Å². The SMILES string of the molecule is COc1ccc(CC2(O)N(C)C(=O)NC2(O)Cc2ccc(O)cc2)cc1. The van der Waals surface area contributed by atoms with Crippen molar-refractivity contribution in [3.05, 3.63) is 59.7 Å². The Morgan fingerprint density at radius 1 is 1.00 bits per heavy atom. The molecule has 0 bridgehead atoms. The summed E-state index contributed by atoms with van der Waals surface area (Å²) in [7, 11) is 3.00. The number of urea groups is 1. The highest BCUT2D eigenvalue weighted by Crippen LogP contribution is 2.36. The number of likely N-dealkylation sites (N-methyl/N-ethyl adjacent to an activating group) is 1. The van der Waals surface area contributed by atoms with Crippen LogP contribution in [0.15, 0.2) is 48.5 Å². The van der Waals surface area contributed by atoms with Gasteiger partial charge in [0.25, 0.3) is 0 Å². The van der Waals surface area contributed by atoms with Gasteiger partial charge in [-0.2, -0.15) is 0 Å². The molecule has 26 heavy (non-hydrogen) atoms. The Bertz CT molecular complexity index is 793. The second-order valence-electron chi connectivity index (χ2n) is 6.53. The first-order valence-corrected chi connectivity index (χ1v) is 8.19. The molecule has 2 unspecified atom stereocenters. The van der Waals surface area contributed by atoms with Crippen LogP contribution < -0.4 is 10.1 Å². The summed E-state index contributed by atoms with van der Waals surface area (Å²) in [6.45, 7) is 0. The number of ether oxygens (including phenoxy) is 1. The maximum Gasteiger partial charge on any atom is 0.321 e. The Morgan fingerprint density at radius 2 is 1.54 bits per heavy atom. The molecule has 7 nitrogen and oxygen atoms in total. The summed E-state index contributed by atoms with van der Waals surface area (Å²) in [6, 6.07) is 12.7. The fourth-order valence-corrected chi connectivity index (χ4v) is 3.19. The number of phenolic OH excluding ortho intramolecular Hbond substituents is 1. The van der Waals surface area contributed by atoms with Gasteiger partial charge >= 0.3 is 6.03 Å². The Morgan fingerprint density at radius 3 is 2.12 bits per heavy atom. The van der Waals surface area contributed by atoms with Crippen LogP contribution in [0.4, 0.5) is 4.79 Å². The number of hydrogen-bond donors (Lipinski definition) is 4. The molecule has 1 saturated heterocycles. The van der Waals surface area contributed by atoms with E-state index in [9.17, 15) is 20.1 Å². The van der Waals surface area contributed by atoms with E-state index in [0.29, 0.717) is 11.3 Å². The van der Waals surface area contributed by atoms with Crippen molar-refractivity contribution in [3.8, 4) is 11.5 Å². The average Bonchev–Trinajstić information content (AvgIpc) is 2.78. The highest BCUT2D eigenvalue weighted by atomic mass is 16.5. The van der Waals surface area contributed by atoms with Crippen LogP contribution in [-0.2, 0) is 12.8 Å². The summed E-state index contributed by atoms with van der Waals surface area (Å²) >= 11 is 0. The molecule has 0 saturated carbocycles. The molecular formula is C19H22N2O5. The number of phenols is 1. The van der Waals surface area contributed by atoms with Gasteiger partial charge in [-0.05, 0) is 35.4 Å². The number of benzene rings is 2. The van der Waals surface area contributed by atoms with E-state index < -0.39 is 17.5 Å². The van der Waals surface area contributed by atoms with Crippen LogP contribution in [0.3, 0.4) is 0 Å². The van der Waals surface area contributed by atoms with E-state index in [-0.39, 0.29) is 18.6 Å². The first-order chi connectivity index (χ1) is 12.3. The maximum atomic E-state index is 12.2. The fraction of sp³-hybridized carbons (Fsp3) is 0.316. The van der Waals surface area contributed by atoms with Crippen LogP contribution in [0.5, 0.6) is 11.5 Å². The van der Waals surface area contributed by atoms with Gasteiger partial charge in [-0.25, -0.2) is 4.79 Å². The van der Waals surface area contributed by atoms with E-state index in [1.54, 1.807) is 43.5 Å². The molecular weight excluding hydrogens is 336 g/mol. The lowest BCUT2D eigenvalue weighted by Crippen LogP contribution is -2.63. The summed E-state index contributed by atoms with van der Waals surface area (Å²) in [6.07, 6.45) is 0.0107. The molecule has 7 heteroatoms. The number of hydrogen-bond acceptors (Lipinski definition) is 5.